The predicted molar refractivity (Wildman–Crippen MR) is 184 cm³/mol. The maximum absolute atomic E-state index is 8.88. The number of furan rings is 1. The van der Waals surface area contributed by atoms with Crippen LogP contribution in [0.25, 0.3) is 54.7 Å². The smallest absolute Gasteiger partial charge is 0.216 e. The second-order valence-corrected chi connectivity index (χ2v) is 13.4. The molecule has 45 heavy (non-hydrogen) atoms. The van der Waals surface area contributed by atoms with Crippen molar-refractivity contribution in [1.82, 2.24) is 15.0 Å². The minimum Gasteiger partial charge on any atom is -0.486 e. The number of rotatable bonds is 3. The molecule has 7 aromatic rings. The van der Waals surface area contributed by atoms with Crippen LogP contribution in [0.3, 0.4) is 0 Å². The van der Waals surface area contributed by atoms with Crippen LogP contribution in [0.1, 0.15) is 60.4 Å². The van der Waals surface area contributed by atoms with E-state index >= 15 is 0 Å². The zero-order valence-electron chi connectivity index (χ0n) is 31.3. The van der Waals surface area contributed by atoms with Crippen molar-refractivity contribution in [3.8, 4) is 22.5 Å². The van der Waals surface area contributed by atoms with Crippen molar-refractivity contribution in [2.24, 2.45) is 5.41 Å². The van der Waals surface area contributed by atoms with Gasteiger partial charge in [-0.25, -0.2) is 4.98 Å². The normalized spacial score (nSPS) is 13.7. The van der Waals surface area contributed by atoms with Gasteiger partial charge in [-0.2, -0.15) is 0 Å². The molecule has 6 heteroatoms. The molecular formula is C39H37IrN3OS-2. The first-order valence-corrected chi connectivity index (χ1v) is 15.3. The van der Waals surface area contributed by atoms with Gasteiger partial charge in [0.2, 0.25) is 5.71 Å². The number of thiophene rings is 1. The van der Waals surface area contributed by atoms with E-state index in [1.54, 1.807) is 18.3 Å². The van der Waals surface area contributed by atoms with Crippen molar-refractivity contribution < 1.29 is 31.4 Å². The second kappa shape index (κ2) is 13.0. The third kappa shape index (κ3) is 6.94. The molecule has 0 atom stereocenters. The molecule has 0 unspecified atom stereocenters. The van der Waals surface area contributed by atoms with E-state index in [2.05, 4.69) is 66.1 Å². The summed E-state index contributed by atoms with van der Waals surface area (Å²) in [6, 6.07) is 23.5. The summed E-state index contributed by atoms with van der Waals surface area (Å²) < 4.78 is 47.6. The Kier molecular flexibility index (Phi) is 7.64. The molecule has 5 aromatic heterocycles. The van der Waals surface area contributed by atoms with Gasteiger partial charge in [0, 0.05) is 55.3 Å². The summed E-state index contributed by atoms with van der Waals surface area (Å²) in [6.45, 7) is 11.6. The predicted octanol–water partition coefficient (Wildman–Crippen LogP) is 10.7. The van der Waals surface area contributed by atoms with Crippen LogP contribution in [0.15, 0.2) is 71.4 Å². The third-order valence-electron chi connectivity index (χ3n) is 7.42. The molecular weight excluding hydrogens is 751 g/mol. The van der Waals surface area contributed by atoms with Crippen LogP contribution < -0.4 is 0 Å². The van der Waals surface area contributed by atoms with Crippen molar-refractivity contribution in [3.63, 3.8) is 0 Å². The maximum Gasteiger partial charge on any atom is 0.216 e. The SMILES string of the molecule is Cc1c[c-]c(-c2cc(C)c(C)cn2)cc1.[2H]C([2H])([2H])c1ccc2c(n1)oc1c(-c3cc4c(C([2H])([2H])C(C)(C)C)c(C)sc4cn3)[c-]ccc12.[Ir]. The summed E-state index contributed by atoms with van der Waals surface area (Å²) in [4.78, 5) is 14.2. The molecule has 4 nitrogen and oxygen atoms in total. The molecule has 0 saturated carbocycles. The van der Waals surface area contributed by atoms with Gasteiger partial charge >= 0.3 is 0 Å². The van der Waals surface area contributed by atoms with Crippen molar-refractivity contribution >= 4 is 43.5 Å². The Morgan fingerprint density at radius 3 is 2.40 bits per heavy atom. The molecule has 0 bridgehead atoms. The van der Waals surface area contributed by atoms with Gasteiger partial charge in [0.25, 0.3) is 0 Å². The van der Waals surface area contributed by atoms with Gasteiger partial charge in [0.05, 0.1) is 10.3 Å². The van der Waals surface area contributed by atoms with Crippen LogP contribution in [-0.2, 0) is 26.5 Å². The molecule has 0 amide bonds. The van der Waals surface area contributed by atoms with Crippen molar-refractivity contribution in [1.29, 1.82) is 0 Å². The van der Waals surface area contributed by atoms with E-state index in [9.17, 15) is 0 Å². The molecule has 0 fully saturated rings. The summed E-state index contributed by atoms with van der Waals surface area (Å²) in [5.74, 6) is 0. The van der Waals surface area contributed by atoms with E-state index in [0.717, 1.165) is 37.0 Å². The average molecular weight is 793 g/mol. The van der Waals surface area contributed by atoms with Gasteiger partial charge in [-0.05, 0) is 79.4 Å². The molecule has 0 aliphatic rings. The van der Waals surface area contributed by atoms with Gasteiger partial charge in [0.15, 0.2) is 0 Å². The van der Waals surface area contributed by atoms with E-state index in [-0.39, 0.29) is 31.5 Å². The number of pyridine rings is 3. The van der Waals surface area contributed by atoms with Gasteiger partial charge < -0.3 is 14.4 Å². The van der Waals surface area contributed by atoms with E-state index in [1.807, 2.05) is 52.1 Å². The van der Waals surface area contributed by atoms with Crippen molar-refractivity contribution in [3.05, 3.63) is 112 Å². The minimum absolute atomic E-state index is 0. The quantitative estimate of drug-likeness (QED) is 0.167. The van der Waals surface area contributed by atoms with Crippen LogP contribution in [0, 0.1) is 52.1 Å². The fraction of sp³-hybridized carbons (Fsp3) is 0.256. The van der Waals surface area contributed by atoms with Crippen LogP contribution in [0.2, 0.25) is 0 Å². The molecule has 5 heterocycles. The first-order valence-electron chi connectivity index (χ1n) is 17.0. The van der Waals surface area contributed by atoms with Crippen LogP contribution in [-0.4, -0.2) is 15.0 Å². The molecule has 2 aromatic carbocycles. The third-order valence-corrected chi connectivity index (χ3v) is 8.48. The minimum atomic E-state index is -2.33. The Bertz CT molecular complexity index is 2340. The Morgan fingerprint density at radius 2 is 1.69 bits per heavy atom. The Hall–Kier alpha value is -3.70. The number of aryl methyl sites for hydroxylation is 5. The largest absolute Gasteiger partial charge is 0.486 e. The number of nitrogens with zero attached hydrogens (tertiary/aromatic N) is 3. The monoisotopic (exact) mass is 793 g/mol. The van der Waals surface area contributed by atoms with E-state index in [4.69, 9.17) is 11.3 Å². The standard InChI is InChI=1S/C25H23N2OS.C14H14N.Ir/c1-14-9-10-17-16-7-6-8-18(23(16)28-24(17)27-14)21-11-19-20(12-25(3,4)5)15(2)29-22(19)13-26-21;1-10-4-6-13(7-5-10)14-8-11(2)12(3)9-15-14;/h6-7,9-11,13H,12H2,1-5H3;4-6,8-9H,1-3H3;/q2*-1;/i1D3,12D2;;. The number of hydrogen-bond donors (Lipinski definition) is 0. The summed E-state index contributed by atoms with van der Waals surface area (Å²) in [6.07, 6.45) is 2.14. The summed E-state index contributed by atoms with van der Waals surface area (Å²) in [7, 11) is 0. The Balaban J connectivity index is 0.000000255. The molecule has 7 rings (SSSR count). The van der Waals surface area contributed by atoms with Crippen LogP contribution in [0.5, 0.6) is 0 Å². The summed E-state index contributed by atoms with van der Waals surface area (Å²) >= 11 is 1.54. The number of hydrogen-bond acceptors (Lipinski definition) is 5. The van der Waals surface area contributed by atoms with E-state index in [0.29, 0.717) is 22.4 Å². The Labute approximate surface area is 290 Å². The first-order chi connectivity index (χ1) is 23.0. The van der Waals surface area contributed by atoms with Crippen molar-refractivity contribution in [2.75, 3.05) is 0 Å². The summed E-state index contributed by atoms with van der Waals surface area (Å²) in [5, 5.41) is 2.34. The zero-order chi connectivity index (χ0) is 35.5. The maximum atomic E-state index is 8.88. The molecule has 231 valence electrons. The number of benzene rings is 2. The van der Waals surface area contributed by atoms with E-state index < -0.39 is 18.6 Å². The molecule has 1 radical (unpaired) electrons. The van der Waals surface area contributed by atoms with Crippen molar-refractivity contribution in [2.45, 2.75) is 61.7 Å². The molecule has 0 N–H and O–H groups in total. The summed E-state index contributed by atoms with van der Waals surface area (Å²) in [5.41, 5.74) is 7.86. The molecule has 0 aliphatic carbocycles. The number of aromatic nitrogens is 3. The van der Waals surface area contributed by atoms with Gasteiger partial charge in [-0.1, -0.05) is 56.3 Å². The van der Waals surface area contributed by atoms with Crippen LogP contribution >= 0.6 is 11.3 Å². The Morgan fingerprint density at radius 1 is 0.889 bits per heavy atom. The second-order valence-electron chi connectivity index (χ2n) is 12.2. The average Bonchev–Trinajstić information content (AvgIpc) is 3.58. The van der Waals surface area contributed by atoms with Gasteiger partial charge in [0.1, 0.15) is 0 Å². The molecule has 0 spiro atoms. The van der Waals surface area contributed by atoms with Gasteiger partial charge in [-0.15, -0.1) is 64.9 Å². The fourth-order valence-corrected chi connectivity index (χ4v) is 6.01. The van der Waals surface area contributed by atoms with Crippen LogP contribution in [0.4, 0.5) is 0 Å². The fourth-order valence-electron chi connectivity index (χ4n) is 5.04. The first kappa shape index (κ1) is 26.5. The molecule has 0 aliphatic heterocycles. The number of fused-ring (bicyclic) bond motifs is 4. The zero-order valence-corrected chi connectivity index (χ0v) is 29.6. The van der Waals surface area contributed by atoms with E-state index in [1.165, 1.54) is 34.1 Å². The molecule has 0 saturated heterocycles. The topological polar surface area (TPSA) is 51.8 Å². The van der Waals surface area contributed by atoms with Gasteiger partial charge in [-0.3, -0.25) is 0 Å².